The van der Waals surface area contributed by atoms with Gasteiger partial charge in [0.25, 0.3) is 5.91 Å². The number of nitrogens with zero attached hydrogens (tertiary/aromatic N) is 2. The number of carbonyl (C=O) groups excluding carboxylic acids is 3. The number of amides is 2. The molecule has 1 fully saturated rings. The molecule has 1 aliphatic rings. The van der Waals surface area contributed by atoms with Gasteiger partial charge in [-0.1, -0.05) is 0 Å². The fraction of sp³-hybridized carbons (Fsp3) is 0.385. The average Bonchev–Trinajstić information content (AvgIpc) is 2.34. The van der Waals surface area contributed by atoms with E-state index in [0.29, 0.717) is 11.4 Å². The molecule has 0 atom stereocenters. The summed E-state index contributed by atoms with van der Waals surface area (Å²) in [6.07, 6.45) is 1.50. The van der Waals surface area contributed by atoms with Gasteiger partial charge in [0.05, 0.1) is 18.4 Å². The number of pyridine rings is 1. The highest BCUT2D eigenvalue weighted by Gasteiger charge is 2.41. The summed E-state index contributed by atoms with van der Waals surface area (Å²) in [6, 6.07) is 3.28. The van der Waals surface area contributed by atoms with Gasteiger partial charge in [0.1, 0.15) is 11.2 Å². The van der Waals surface area contributed by atoms with E-state index in [9.17, 15) is 14.4 Å². The maximum Gasteiger partial charge on any atom is 0.251 e. The van der Waals surface area contributed by atoms with Crippen LogP contribution in [0.3, 0.4) is 0 Å². The average molecular weight is 261 g/mol. The van der Waals surface area contributed by atoms with Gasteiger partial charge >= 0.3 is 0 Å². The van der Waals surface area contributed by atoms with E-state index >= 15 is 0 Å². The van der Waals surface area contributed by atoms with Crippen LogP contribution in [-0.4, -0.2) is 34.7 Å². The molecule has 0 radical (unpaired) electrons. The summed E-state index contributed by atoms with van der Waals surface area (Å²) in [5.74, 6) is -0.822. The lowest BCUT2D eigenvalue weighted by Gasteiger charge is -2.41. The molecular formula is C13H15N3O3. The van der Waals surface area contributed by atoms with Crippen molar-refractivity contribution in [2.45, 2.75) is 26.3 Å². The predicted octanol–water partition coefficient (Wildman–Crippen LogP) is 0.526. The number of aromatic nitrogens is 1. The third-order valence-corrected chi connectivity index (χ3v) is 3.21. The van der Waals surface area contributed by atoms with Crippen molar-refractivity contribution in [3.63, 3.8) is 0 Å². The number of hydrogen-bond donors (Lipinski definition) is 1. The number of hydrogen-bond acceptors (Lipinski definition) is 5. The standard InChI is InChI=1S/C13H15N3O3/c1-8(17)10-5-4-9(6-14-10)16-7-11(18)15-12(19)13(16,2)3/h4-6H,7H2,1-3H3,(H,15,18,19). The largest absolute Gasteiger partial charge is 0.347 e. The summed E-state index contributed by atoms with van der Waals surface area (Å²) in [7, 11) is 0. The zero-order valence-corrected chi connectivity index (χ0v) is 11.1. The van der Waals surface area contributed by atoms with Crippen molar-refractivity contribution in [3.8, 4) is 0 Å². The third-order valence-electron chi connectivity index (χ3n) is 3.21. The Balaban J connectivity index is 2.36. The predicted molar refractivity (Wildman–Crippen MR) is 68.8 cm³/mol. The molecule has 6 heteroatoms. The van der Waals surface area contributed by atoms with Crippen LogP contribution in [0.1, 0.15) is 31.3 Å². The SMILES string of the molecule is CC(=O)c1ccc(N2CC(=O)NC(=O)C2(C)C)cn1. The van der Waals surface area contributed by atoms with Crippen LogP contribution in [0.15, 0.2) is 18.3 Å². The van der Waals surface area contributed by atoms with Crippen molar-refractivity contribution in [2.75, 3.05) is 11.4 Å². The maximum absolute atomic E-state index is 11.8. The molecule has 2 amide bonds. The third kappa shape index (κ3) is 2.33. The normalized spacial score (nSPS) is 18.2. The Hall–Kier alpha value is -2.24. The lowest BCUT2D eigenvalue weighted by molar-refractivity contribution is -0.135. The van der Waals surface area contributed by atoms with Crippen LogP contribution >= 0.6 is 0 Å². The van der Waals surface area contributed by atoms with E-state index < -0.39 is 5.54 Å². The first-order chi connectivity index (χ1) is 8.82. The molecule has 0 bridgehead atoms. The molecular weight excluding hydrogens is 246 g/mol. The molecule has 1 aromatic rings. The molecule has 0 aromatic carbocycles. The van der Waals surface area contributed by atoms with Crippen molar-refractivity contribution in [3.05, 3.63) is 24.0 Å². The van der Waals surface area contributed by atoms with E-state index in [4.69, 9.17) is 0 Å². The first-order valence-electron chi connectivity index (χ1n) is 5.91. The first kappa shape index (κ1) is 13.2. The fourth-order valence-corrected chi connectivity index (χ4v) is 1.95. The quantitative estimate of drug-likeness (QED) is 0.620. The molecule has 1 aromatic heterocycles. The number of nitrogens with one attached hydrogen (secondary N) is 1. The van der Waals surface area contributed by atoms with E-state index in [2.05, 4.69) is 10.3 Å². The molecule has 2 heterocycles. The van der Waals surface area contributed by atoms with Crippen LogP contribution in [0.2, 0.25) is 0 Å². The Morgan fingerprint density at radius 3 is 2.58 bits per heavy atom. The molecule has 6 nitrogen and oxygen atoms in total. The van der Waals surface area contributed by atoms with Crippen molar-refractivity contribution in [1.82, 2.24) is 10.3 Å². The molecule has 0 unspecified atom stereocenters. The van der Waals surface area contributed by atoms with E-state index in [-0.39, 0.29) is 24.1 Å². The van der Waals surface area contributed by atoms with Crippen LogP contribution in [0.4, 0.5) is 5.69 Å². The summed E-state index contributed by atoms with van der Waals surface area (Å²) < 4.78 is 0. The molecule has 19 heavy (non-hydrogen) atoms. The number of rotatable bonds is 2. The Kier molecular flexibility index (Phi) is 3.09. The Morgan fingerprint density at radius 2 is 2.05 bits per heavy atom. The van der Waals surface area contributed by atoms with Crippen molar-refractivity contribution in [1.29, 1.82) is 0 Å². The Bertz CT molecular complexity index is 549. The van der Waals surface area contributed by atoms with E-state index in [1.165, 1.54) is 13.1 Å². The maximum atomic E-state index is 11.8. The zero-order chi connectivity index (χ0) is 14.2. The molecule has 1 N–H and O–H groups in total. The van der Waals surface area contributed by atoms with E-state index in [0.717, 1.165) is 0 Å². The molecule has 2 rings (SSSR count). The minimum Gasteiger partial charge on any atom is -0.347 e. The van der Waals surface area contributed by atoms with Crippen molar-refractivity contribution < 1.29 is 14.4 Å². The molecule has 0 spiro atoms. The van der Waals surface area contributed by atoms with Crippen LogP contribution in [0.5, 0.6) is 0 Å². The van der Waals surface area contributed by atoms with Gasteiger partial charge in [-0.2, -0.15) is 0 Å². The van der Waals surface area contributed by atoms with Crippen LogP contribution in [0.25, 0.3) is 0 Å². The summed E-state index contributed by atoms with van der Waals surface area (Å²) in [5, 5.41) is 2.30. The highest BCUT2D eigenvalue weighted by Crippen LogP contribution is 2.25. The molecule has 1 saturated heterocycles. The van der Waals surface area contributed by atoms with Gasteiger partial charge in [-0.15, -0.1) is 0 Å². The Labute approximate surface area is 110 Å². The van der Waals surface area contributed by atoms with Gasteiger partial charge in [-0.05, 0) is 26.0 Å². The second kappa shape index (κ2) is 4.46. The smallest absolute Gasteiger partial charge is 0.251 e. The van der Waals surface area contributed by atoms with Gasteiger partial charge < -0.3 is 4.90 Å². The van der Waals surface area contributed by atoms with Gasteiger partial charge in [-0.3, -0.25) is 24.7 Å². The number of ketones is 1. The number of carbonyl (C=O) groups is 3. The highest BCUT2D eigenvalue weighted by molar-refractivity contribution is 6.06. The number of imide groups is 1. The first-order valence-corrected chi connectivity index (χ1v) is 5.91. The summed E-state index contributed by atoms with van der Waals surface area (Å²) in [5.41, 5.74) is 0.153. The Morgan fingerprint density at radius 1 is 1.37 bits per heavy atom. The highest BCUT2D eigenvalue weighted by atomic mass is 16.2. The van der Waals surface area contributed by atoms with Gasteiger partial charge in [0, 0.05) is 6.92 Å². The molecule has 100 valence electrons. The lowest BCUT2D eigenvalue weighted by atomic mass is 9.98. The molecule has 0 saturated carbocycles. The monoisotopic (exact) mass is 261 g/mol. The number of Topliss-reactive ketones (excluding diaryl/α,β-unsaturated/α-hetero) is 1. The van der Waals surface area contributed by atoms with Crippen LogP contribution in [-0.2, 0) is 9.59 Å². The second-order valence-corrected chi connectivity index (χ2v) is 4.98. The second-order valence-electron chi connectivity index (χ2n) is 4.98. The molecule has 0 aliphatic carbocycles. The van der Waals surface area contributed by atoms with Crippen molar-refractivity contribution in [2.24, 2.45) is 0 Å². The topological polar surface area (TPSA) is 79.4 Å². The van der Waals surface area contributed by atoms with Gasteiger partial charge in [0.2, 0.25) is 5.91 Å². The zero-order valence-electron chi connectivity index (χ0n) is 11.1. The van der Waals surface area contributed by atoms with Crippen molar-refractivity contribution >= 4 is 23.3 Å². The molecule has 1 aliphatic heterocycles. The van der Waals surface area contributed by atoms with Gasteiger partial charge in [-0.25, -0.2) is 0 Å². The minimum absolute atomic E-state index is 0.0832. The van der Waals surface area contributed by atoms with Gasteiger partial charge in [0.15, 0.2) is 5.78 Å². The van der Waals surface area contributed by atoms with Crippen LogP contribution in [0, 0.1) is 0 Å². The van der Waals surface area contributed by atoms with E-state index in [1.54, 1.807) is 30.9 Å². The number of anilines is 1. The number of piperazine rings is 1. The van der Waals surface area contributed by atoms with E-state index in [1.807, 2.05) is 0 Å². The summed E-state index contributed by atoms with van der Waals surface area (Å²) >= 11 is 0. The van der Waals surface area contributed by atoms with Crippen LogP contribution < -0.4 is 10.2 Å². The summed E-state index contributed by atoms with van der Waals surface area (Å²) in [4.78, 5) is 40.2. The summed E-state index contributed by atoms with van der Waals surface area (Å²) in [6.45, 7) is 4.98. The fourth-order valence-electron chi connectivity index (χ4n) is 1.95. The lowest BCUT2D eigenvalue weighted by Crippen LogP contribution is -2.64. The minimum atomic E-state index is -0.840.